The average molecular weight is 336 g/mol. The van der Waals surface area contributed by atoms with E-state index in [4.69, 9.17) is 5.73 Å². The van der Waals surface area contributed by atoms with E-state index >= 15 is 0 Å². The van der Waals surface area contributed by atoms with Crippen LogP contribution in [0.1, 0.15) is 29.0 Å². The van der Waals surface area contributed by atoms with Gasteiger partial charge in [-0.05, 0) is 44.0 Å². The maximum atomic E-state index is 12.5. The maximum Gasteiger partial charge on any atom is 0.274 e. The monoisotopic (exact) mass is 336 g/mol. The lowest BCUT2D eigenvalue weighted by Crippen LogP contribution is -2.45. The molecule has 3 aromatic rings. The van der Waals surface area contributed by atoms with E-state index in [0.717, 1.165) is 47.2 Å². The van der Waals surface area contributed by atoms with Crippen LogP contribution in [0.5, 0.6) is 0 Å². The zero-order chi connectivity index (χ0) is 17.4. The van der Waals surface area contributed by atoms with Crippen LogP contribution in [-0.2, 0) is 0 Å². The Hall–Kier alpha value is -2.80. The normalized spacial score (nSPS) is 17.8. The number of piperidine rings is 1. The third-order valence-corrected chi connectivity index (χ3v) is 4.67. The second-order valence-corrected chi connectivity index (χ2v) is 6.54. The lowest BCUT2D eigenvalue weighted by atomic mass is 10.1. The number of hydrogen-bond acceptors (Lipinski definition) is 5. The minimum Gasteiger partial charge on any atom is -0.336 e. The highest BCUT2D eigenvalue weighted by Crippen LogP contribution is 2.23. The number of nitrogens with zero attached hydrogens (tertiary/aromatic N) is 4. The molecule has 7 nitrogen and oxygen atoms in total. The molecular weight excluding hydrogens is 316 g/mol. The molecule has 1 aliphatic heterocycles. The molecule has 0 aliphatic carbocycles. The fraction of sp³-hybridized carbons (Fsp3) is 0.333. The Morgan fingerprint density at radius 1 is 1.28 bits per heavy atom. The predicted molar refractivity (Wildman–Crippen MR) is 95.0 cm³/mol. The van der Waals surface area contributed by atoms with Gasteiger partial charge in [0.1, 0.15) is 0 Å². The van der Waals surface area contributed by atoms with E-state index < -0.39 is 0 Å². The highest BCUT2D eigenvalue weighted by atomic mass is 16.2. The highest BCUT2D eigenvalue weighted by molar-refractivity contribution is 5.92. The van der Waals surface area contributed by atoms with E-state index in [1.165, 1.54) is 0 Å². The van der Waals surface area contributed by atoms with Crippen LogP contribution in [-0.4, -0.2) is 50.3 Å². The number of likely N-dealkylation sites (tertiary alicyclic amines) is 1. The molecule has 1 fully saturated rings. The standard InChI is InChI=1S/C18H20N6O/c1-11-14-9-12(4-5-16(14)22-20-11)15-6-7-17(23-21-15)18(25)24-8-2-3-13(19)10-24/h4-7,9,13H,2-3,8,10,19H2,1H3,(H,20,22). The van der Waals surface area contributed by atoms with Crippen LogP contribution in [0.25, 0.3) is 22.2 Å². The third kappa shape index (κ3) is 2.98. The Bertz CT molecular complexity index is 917. The first-order chi connectivity index (χ1) is 12.1. The number of nitrogens with two attached hydrogens (primary N) is 1. The molecule has 3 heterocycles. The van der Waals surface area contributed by atoms with E-state index in [0.29, 0.717) is 12.2 Å². The van der Waals surface area contributed by atoms with Crippen LogP contribution in [0.3, 0.4) is 0 Å². The Kier molecular flexibility index (Phi) is 3.93. The fourth-order valence-corrected chi connectivity index (χ4v) is 3.25. The van der Waals surface area contributed by atoms with Gasteiger partial charge in [0.05, 0.1) is 11.2 Å². The zero-order valence-electron chi connectivity index (χ0n) is 14.1. The van der Waals surface area contributed by atoms with Crippen molar-refractivity contribution in [3.63, 3.8) is 0 Å². The summed E-state index contributed by atoms with van der Waals surface area (Å²) in [5.41, 5.74) is 9.92. The Morgan fingerprint density at radius 3 is 2.92 bits per heavy atom. The molecule has 0 spiro atoms. The number of amides is 1. The first kappa shape index (κ1) is 15.7. The molecule has 1 atom stereocenters. The summed E-state index contributed by atoms with van der Waals surface area (Å²) >= 11 is 0. The lowest BCUT2D eigenvalue weighted by molar-refractivity contribution is 0.0701. The van der Waals surface area contributed by atoms with Crippen molar-refractivity contribution >= 4 is 16.8 Å². The molecule has 128 valence electrons. The quantitative estimate of drug-likeness (QED) is 0.744. The first-order valence-corrected chi connectivity index (χ1v) is 8.45. The van der Waals surface area contributed by atoms with Gasteiger partial charge < -0.3 is 10.6 Å². The van der Waals surface area contributed by atoms with Gasteiger partial charge in [-0.25, -0.2) is 0 Å². The molecule has 3 N–H and O–H groups in total. The summed E-state index contributed by atoms with van der Waals surface area (Å²) in [4.78, 5) is 14.3. The minimum absolute atomic E-state index is 0.0508. The summed E-state index contributed by atoms with van der Waals surface area (Å²) < 4.78 is 0. The van der Waals surface area contributed by atoms with Crippen molar-refractivity contribution in [2.75, 3.05) is 13.1 Å². The molecule has 4 rings (SSSR count). The molecule has 25 heavy (non-hydrogen) atoms. The van der Waals surface area contributed by atoms with E-state index in [2.05, 4.69) is 20.4 Å². The van der Waals surface area contributed by atoms with Gasteiger partial charge in [0, 0.05) is 35.8 Å². The van der Waals surface area contributed by atoms with E-state index in [1.54, 1.807) is 11.0 Å². The number of carbonyl (C=O) groups excluding carboxylic acids is 1. The Morgan fingerprint density at radius 2 is 2.16 bits per heavy atom. The highest BCUT2D eigenvalue weighted by Gasteiger charge is 2.23. The van der Waals surface area contributed by atoms with Crippen LogP contribution < -0.4 is 5.73 Å². The van der Waals surface area contributed by atoms with Crippen LogP contribution in [0.2, 0.25) is 0 Å². The number of nitrogens with one attached hydrogen (secondary N) is 1. The molecule has 1 amide bonds. The van der Waals surface area contributed by atoms with Crippen molar-refractivity contribution < 1.29 is 4.79 Å². The lowest BCUT2D eigenvalue weighted by Gasteiger charge is -2.30. The number of aromatic amines is 1. The van der Waals surface area contributed by atoms with Crippen molar-refractivity contribution in [1.29, 1.82) is 0 Å². The number of rotatable bonds is 2. The van der Waals surface area contributed by atoms with Crippen molar-refractivity contribution in [2.45, 2.75) is 25.8 Å². The SMILES string of the molecule is Cc1[nH]nc2ccc(-c3ccc(C(=O)N4CCCC(N)C4)nn3)cc12. The number of carbonyl (C=O) groups is 1. The smallest absolute Gasteiger partial charge is 0.274 e. The van der Waals surface area contributed by atoms with Crippen molar-refractivity contribution in [3.8, 4) is 11.3 Å². The van der Waals surface area contributed by atoms with Gasteiger partial charge in [-0.1, -0.05) is 6.07 Å². The topological polar surface area (TPSA) is 101 Å². The number of aromatic nitrogens is 4. The molecule has 1 aromatic carbocycles. The summed E-state index contributed by atoms with van der Waals surface area (Å²) in [5.74, 6) is -0.102. The predicted octanol–water partition coefficient (Wildman–Crippen LogP) is 1.89. The van der Waals surface area contributed by atoms with Gasteiger partial charge in [0.15, 0.2) is 5.69 Å². The second-order valence-electron chi connectivity index (χ2n) is 6.54. The van der Waals surface area contributed by atoms with Crippen molar-refractivity contribution in [1.82, 2.24) is 25.3 Å². The number of hydrogen-bond donors (Lipinski definition) is 2. The van der Waals surface area contributed by atoms with E-state index in [9.17, 15) is 4.79 Å². The molecular formula is C18H20N6O. The van der Waals surface area contributed by atoms with Gasteiger partial charge in [-0.2, -0.15) is 5.10 Å². The molecule has 7 heteroatoms. The maximum absolute atomic E-state index is 12.5. The first-order valence-electron chi connectivity index (χ1n) is 8.45. The average Bonchev–Trinajstić information content (AvgIpc) is 3.02. The summed E-state index contributed by atoms with van der Waals surface area (Å²) in [6.45, 7) is 3.29. The number of H-pyrrole nitrogens is 1. The molecule has 1 saturated heterocycles. The Labute approximate surface area is 145 Å². The number of benzene rings is 1. The minimum atomic E-state index is -0.102. The van der Waals surface area contributed by atoms with Gasteiger partial charge in [-0.3, -0.25) is 9.89 Å². The molecule has 1 unspecified atom stereocenters. The van der Waals surface area contributed by atoms with E-state index in [-0.39, 0.29) is 11.9 Å². The summed E-state index contributed by atoms with van der Waals surface area (Å²) in [5, 5.41) is 16.6. The molecule has 1 aliphatic rings. The number of fused-ring (bicyclic) bond motifs is 1. The zero-order valence-corrected chi connectivity index (χ0v) is 14.1. The van der Waals surface area contributed by atoms with Gasteiger partial charge in [-0.15, -0.1) is 10.2 Å². The number of aryl methyl sites for hydroxylation is 1. The second kappa shape index (κ2) is 6.25. The summed E-state index contributed by atoms with van der Waals surface area (Å²) in [6, 6.07) is 9.55. The van der Waals surface area contributed by atoms with Crippen LogP contribution >= 0.6 is 0 Å². The van der Waals surface area contributed by atoms with Crippen LogP contribution in [0, 0.1) is 6.92 Å². The molecule has 2 aromatic heterocycles. The summed E-state index contributed by atoms with van der Waals surface area (Å²) in [6.07, 6.45) is 1.90. The largest absolute Gasteiger partial charge is 0.336 e. The van der Waals surface area contributed by atoms with Crippen LogP contribution in [0.15, 0.2) is 30.3 Å². The van der Waals surface area contributed by atoms with Gasteiger partial charge in [0.25, 0.3) is 5.91 Å². The summed E-state index contributed by atoms with van der Waals surface area (Å²) in [7, 11) is 0. The molecule has 0 saturated carbocycles. The van der Waals surface area contributed by atoms with Gasteiger partial charge in [0.2, 0.25) is 0 Å². The Balaban J connectivity index is 1.58. The fourth-order valence-electron chi connectivity index (χ4n) is 3.25. The van der Waals surface area contributed by atoms with Gasteiger partial charge >= 0.3 is 0 Å². The molecule has 0 bridgehead atoms. The third-order valence-electron chi connectivity index (χ3n) is 4.67. The van der Waals surface area contributed by atoms with Crippen LogP contribution in [0.4, 0.5) is 0 Å². The van der Waals surface area contributed by atoms with Crippen molar-refractivity contribution in [2.24, 2.45) is 5.73 Å². The van der Waals surface area contributed by atoms with Crippen molar-refractivity contribution in [3.05, 3.63) is 41.7 Å². The van der Waals surface area contributed by atoms with E-state index in [1.807, 2.05) is 31.2 Å². The molecule has 0 radical (unpaired) electrons.